The number of fused-ring (bicyclic) bond motifs is 1. The number of hydrogen-bond acceptors (Lipinski definition) is 3. The minimum atomic E-state index is -0.0802. The molecule has 2 heterocycles. The molecule has 0 aliphatic heterocycles. The SMILES string of the molecule is O=c1[nH]cnc2c(-c3ccc(Br)cc3)csc12. The third-order valence-electron chi connectivity index (χ3n) is 2.52. The zero-order valence-electron chi connectivity index (χ0n) is 8.61. The molecule has 0 saturated carbocycles. The van der Waals surface area contributed by atoms with Crippen molar-refractivity contribution in [1.29, 1.82) is 0 Å². The molecule has 0 saturated heterocycles. The van der Waals surface area contributed by atoms with E-state index in [4.69, 9.17) is 0 Å². The third kappa shape index (κ3) is 1.81. The standard InChI is InChI=1S/C12H7BrN2OS/c13-8-3-1-7(2-4-8)9-5-17-11-10(9)14-6-15-12(11)16/h1-6H,(H,14,15,16). The average molecular weight is 307 g/mol. The number of halogens is 1. The number of rotatable bonds is 1. The largest absolute Gasteiger partial charge is 0.312 e. The molecule has 0 fully saturated rings. The zero-order chi connectivity index (χ0) is 11.8. The summed E-state index contributed by atoms with van der Waals surface area (Å²) < 4.78 is 1.71. The molecule has 3 rings (SSSR count). The van der Waals surface area contributed by atoms with Crippen LogP contribution in [0.15, 0.2) is 45.2 Å². The van der Waals surface area contributed by atoms with Crippen LogP contribution in [-0.4, -0.2) is 9.97 Å². The van der Waals surface area contributed by atoms with Crippen molar-refractivity contribution in [3.05, 3.63) is 50.8 Å². The van der Waals surface area contributed by atoms with Gasteiger partial charge in [-0.2, -0.15) is 0 Å². The predicted octanol–water partition coefficient (Wildman–Crippen LogP) is 3.41. The molecule has 0 unspecified atom stereocenters. The van der Waals surface area contributed by atoms with Gasteiger partial charge in [-0.25, -0.2) is 4.98 Å². The van der Waals surface area contributed by atoms with Crippen LogP contribution in [0.3, 0.4) is 0 Å². The minimum Gasteiger partial charge on any atom is -0.312 e. The highest BCUT2D eigenvalue weighted by molar-refractivity contribution is 9.10. The third-order valence-corrected chi connectivity index (χ3v) is 4.01. The summed E-state index contributed by atoms with van der Waals surface area (Å²) in [6.45, 7) is 0. The molecule has 0 spiro atoms. The van der Waals surface area contributed by atoms with E-state index in [0.29, 0.717) is 4.70 Å². The Morgan fingerprint density at radius 3 is 2.76 bits per heavy atom. The van der Waals surface area contributed by atoms with Crippen LogP contribution in [0.25, 0.3) is 21.3 Å². The van der Waals surface area contributed by atoms with Crippen LogP contribution in [0.1, 0.15) is 0 Å². The van der Waals surface area contributed by atoms with Gasteiger partial charge in [-0.3, -0.25) is 4.79 Å². The van der Waals surface area contributed by atoms with E-state index in [9.17, 15) is 4.79 Å². The minimum absolute atomic E-state index is 0.0802. The molecule has 1 aromatic carbocycles. The molecule has 3 nitrogen and oxygen atoms in total. The van der Waals surface area contributed by atoms with Crippen LogP contribution >= 0.6 is 27.3 Å². The lowest BCUT2D eigenvalue weighted by atomic mass is 10.1. The van der Waals surface area contributed by atoms with Crippen molar-refractivity contribution >= 4 is 37.5 Å². The fraction of sp³-hybridized carbons (Fsp3) is 0. The summed E-state index contributed by atoms with van der Waals surface area (Å²) >= 11 is 4.82. The number of nitrogens with one attached hydrogen (secondary N) is 1. The Kier molecular flexibility index (Phi) is 2.57. The molecule has 84 valence electrons. The Morgan fingerprint density at radius 2 is 2.00 bits per heavy atom. The van der Waals surface area contributed by atoms with E-state index in [-0.39, 0.29) is 5.56 Å². The number of aromatic nitrogens is 2. The fourth-order valence-corrected chi connectivity index (χ4v) is 2.88. The van der Waals surface area contributed by atoms with Gasteiger partial charge in [-0.05, 0) is 17.7 Å². The molecular formula is C12H7BrN2OS. The molecule has 17 heavy (non-hydrogen) atoms. The topological polar surface area (TPSA) is 45.8 Å². The second kappa shape index (κ2) is 4.09. The average Bonchev–Trinajstić information content (AvgIpc) is 2.75. The maximum atomic E-state index is 11.6. The van der Waals surface area contributed by atoms with Crippen molar-refractivity contribution in [3.8, 4) is 11.1 Å². The zero-order valence-corrected chi connectivity index (χ0v) is 11.0. The van der Waals surface area contributed by atoms with Crippen LogP contribution in [0.2, 0.25) is 0 Å². The van der Waals surface area contributed by atoms with Gasteiger partial charge in [0, 0.05) is 15.4 Å². The van der Waals surface area contributed by atoms with Crippen LogP contribution < -0.4 is 5.56 Å². The van der Waals surface area contributed by atoms with Gasteiger partial charge >= 0.3 is 0 Å². The lowest BCUT2D eigenvalue weighted by Gasteiger charge is -1.98. The molecule has 2 aromatic heterocycles. The van der Waals surface area contributed by atoms with Crippen molar-refractivity contribution in [2.24, 2.45) is 0 Å². The quantitative estimate of drug-likeness (QED) is 0.749. The number of aromatic amines is 1. The first-order valence-corrected chi connectivity index (χ1v) is 6.64. The van der Waals surface area contributed by atoms with Gasteiger partial charge in [0.1, 0.15) is 4.70 Å². The van der Waals surface area contributed by atoms with Crippen LogP contribution in [0.4, 0.5) is 0 Å². The highest BCUT2D eigenvalue weighted by atomic mass is 79.9. The Labute approximate surface area is 109 Å². The molecule has 0 atom stereocenters. The molecule has 0 bridgehead atoms. The van der Waals surface area contributed by atoms with E-state index < -0.39 is 0 Å². The van der Waals surface area contributed by atoms with E-state index in [1.165, 1.54) is 17.7 Å². The summed E-state index contributed by atoms with van der Waals surface area (Å²) in [4.78, 5) is 18.4. The number of hydrogen-bond donors (Lipinski definition) is 1. The van der Waals surface area contributed by atoms with E-state index in [1.807, 2.05) is 29.6 Å². The van der Waals surface area contributed by atoms with Gasteiger partial charge in [0.25, 0.3) is 5.56 Å². The summed E-state index contributed by atoms with van der Waals surface area (Å²) in [5.74, 6) is 0. The molecule has 0 radical (unpaired) electrons. The van der Waals surface area contributed by atoms with Crippen LogP contribution in [0.5, 0.6) is 0 Å². The summed E-state index contributed by atoms with van der Waals surface area (Å²) in [6.07, 6.45) is 1.44. The highest BCUT2D eigenvalue weighted by Crippen LogP contribution is 2.30. The van der Waals surface area contributed by atoms with Gasteiger partial charge in [-0.1, -0.05) is 28.1 Å². The molecule has 3 aromatic rings. The Hall–Kier alpha value is -1.46. The number of H-pyrrole nitrogens is 1. The van der Waals surface area contributed by atoms with Gasteiger partial charge in [0.05, 0.1) is 11.8 Å². The lowest BCUT2D eigenvalue weighted by molar-refractivity contribution is 1.18. The lowest BCUT2D eigenvalue weighted by Crippen LogP contribution is -2.03. The van der Waals surface area contributed by atoms with Crippen molar-refractivity contribution < 1.29 is 0 Å². The van der Waals surface area contributed by atoms with E-state index in [2.05, 4.69) is 25.9 Å². The normalized spacial score (nSPS) is 10.9. The van der Waals surface area contributed by atoms with Crippen molar-refractivity contribution in [2.75, 3.05) is 0 Å². The first-order chi connectivity index (χ1) is 8.25. The summed E-state index contributed by atoms with van der Waals surface area (Å²) in [7, 11) is 0. The first-order valence-electron chi connectivity index (χ1n) is 4.96. The van der Waals surface area contributed by atoms with Crippen LogP contribution in [-0.2, 0) is 0 Å². The molecule has 0 aliphatic carbocycles. The van der Waals surface area contributed by atoms with Gasteiger partial charge in [0.2, 0.25) is 0 Å². The Balaban J connectivity index is 2.28. The molecule has 5 heteroatoms. The first kappa shape index (κ1) is 10.7. The van der Waals surface area contributed by atoms with E-state index >= 15 is 0 Å². The molecule has 1 N–H and O–H groups in total. The summed E-state index contributed by atoms with van der Waals surface area (Å²) in [5, 5.41) is 1.97. The maximum Gasteiger partial charge on any atom is 0.268 e. The van der Waals surface area contributed by atoms with Crippen molar-refractivity contribution in [3.63, 3.8) is 0 Å². The van der Waals surface area contributed by atoms with Gasteiger partial charge in [-0.15, -0.1) is 11.3 Å². The smallest absolute Gasteiger partial charge is 0.268 e. The monoisotopic (exact) mass is 306 g/mol. The van der Waals surface area contributed by atoms with E-state index in [0.717, 1.165) is 21.1 Å². The predicted molar refractivity (Wildman–Crippen MR) is 73.4 cm³/mol. The van der Waals surface area contributed by atoms with Crippen LogP contribution in [0, 0.1) is 0 Å². The number of benzene rings is 1. The Morgan fingerprint density at radius 1 is 1.24 bits per heavy atom. The molecule has 0 aliphatic rings. The van der Waals surface area contributed by atoms with Gasteiger partial charge < -0.3 is 4.98 Å². The molecule has 0 amide bonds. The molecular weight excluding hydrogens is 300 g/mol. The van der Waals surface area contributed by atoms with Crippen molar-refractivity contribution in [2.45, 2.75) is 0 Å². The van der Waals surface area contributed by atoms with Crippen molar-refractivity contribution in [1.82, 2.24) is 9.97 Å². The second-order valence-electron chi connectivity index (χ2n) is 3.57. The number of thiophene rings is 1. The second-order valence-corrected chi connectivity index (χ2v) is 5.36. The number of nitrogens with zero attached hydrogens (tertiary/aromatic N) is 1. The van der Waals surface area contributed by atoms with Gasteiger partial charge in [0.15, 0.2) is 0 Å². The Bertz CT molecular complexity index is 730. The summed E-state index contributed by atoms with van der Waals surface area (Å²) in [5.41, 5.74) is 2.76. The summed E-state index contributed by atoms with van der Waals surface area (Å²) in [6, 6.07) is 7.97. The fourth-order valence-electron chi connectivity index (χ4n) is 1.70. The highest BCUT2D eigenvalue weighted by Gasteiger charge is 2.09. The maximum absolute atomic E-state index is 11.6. The van der Waals surface area contributed by atoms with E-state index in [1.54, 1.807) is 0 Å².